The van der Waals surface area contributed by atoms with Gasteiger partial charge in [-0.15, -0.1) is 0 Å². The van der Waals surface area contributed by atoms with E-state index >= 15 is 0 Å². The molecule has 1 N–H and O–H groups in total. The lowest BCUT2D eigenvalue weighted by Crippen LogP contribution is -2.47. The van der Waals surface area contributed by atoms with Crippen molar-refractivity contribution in [3.05, 3.63) is 66.1 Å². The highest BCUT2D eigenvalue weighted by Gasteiger charge is 2.34. The summed E-state index contributed by atoms with van der Waals surface area (Å²) in [6.45, 7) is 4.48. The van der Waals surface area contributed by atoms with Gasteiger partial charge in [-0.3, -0.25) is 9.59 Å². The molecule has 2 aromatic heterocycles. The molecule has 1 saturated heterocycles. The number of likely N-dealkylation sites (tertiary alicyclic amines) is 1. The molecule has 30 heavy (non-hydrogen) atoms. The molecule has 8 heteroatoms. The first-order valence-electron chi connectivity index (χ1n) is 10.1. The smallest absolute Gasteiger partial charge is 0.243 e. The largest absolute Gasteiger partial charge is 0.361 e. The zero-order valence-corrected chi connectivity index (χ0v) is 17.1. The summed E-state index contributed by atoms with van der Waals surface area (Å²) in [5, 5.41) is 6.69. The number of aryl methyl sites for hydroxylation is 1. The molecule has 4 rings (SSSR count). The molecule has 1 aliphatic rings. The number of nitrogens with one attached hydrogen (secondary N) is 1. The van der Waals surface area contributed by atoms with Crippen LogP contribution in [0.2, 0.25) is 0 Å². The second-order valence-electron chi connectivity index (χ2n) is 7.57. The molecular formula is C22H25N5O3. The van der Waals surface area contributed by atoms with E-state index in [0.29, 0.717) is 18.7 Å². The van der Waals surface area contributed by atoms with E-state index in [1.807, 2.05) is 48.9 Å². The highest BCUT2D eigenvalue weighted by molar-refractivity contribution is 5.89. The molecule has 1 fully saturated rings. The number of benzene rings is 1. The van der Waals surface area contributed by atoms with E-state index in [9.17, 15) is 9.59 Å². The van der Waals surface area contributed by atoms with Crippen LogP contribution in [0, 0.1) is 6.92 Å². The molecule has 0 bridgehead atoms. The van der Waals surface area contributed by atoms with Crippen LogP contribution in [0.4, 0.5) is 0 Å². The number of amides is 2. The minimum absolute atomic E-state index is 0.114. The number of imidazole rings is 1. The Balaban J connectivity index is 1.39. The molecule has 1 aliphatic heterocycles. The summed E-state index contributed by atoms with van der Waals surface area (Å²) in [6, 6.07) is 9.07. The van der Waals surface area contributed by atoms with E-state index in [4.69, 9.17) is 4.52 Å². The Morgan fingerprint density at radius 1 is 1.23 bits per heavy atom. The Bertz CT molecular complexity index is 1010. The van der Waals surface area contributed by atoms with Gasteiger partial charge in [0, 0.05) is 30.7 Å². The minimum atomic E-state index is -0.448. The van der Waals surface area contributed by atoms with Crippen LogP contribution >= 0.6 is 0 Å². The molecular weight excluding hydrogens is 382 g/mol. The fourth-order valence-corrected chi connectivity index (χ4v) is 3.89. The number of carbonyl (C=O) groups is 2. The van der Waals surface area contributed by atoms with Crippen LogP contribution in [-0.4, -0.2) is 44.0 Å². The molecule has 0 saturated carbocycles. The van der Waals surface area contributed by atoms with Crippen LogP contribution in [0.15, 0.2) is 53.4 Å². The number of rotatable bonds is 6. The molecule has 2 amide bonds. The maximum atomic E-state index is 12.9. The van der Waals surface area contributed by atoms with E-state index in [-0.39, 0.29) is 24.3 Å². The zero-order valence-electron chi connectivity index (χ0n) is 17.1. The van der Waals surface area contributed by atoms with Crippen molar-refractivity contribution < 1.29 is 14.1 Å². The second kappa shape index (κ2) is 8.52. The second-order valence-corrected chi connectivity index (χ2v) is 7.57. The summed E-state index contributed by atoms with van der Waals surface area (Å²) in [4.78, 5) is 31.4. The van der Waals surface area contributed by atoms with Crippen molar-refractivity contribution in [3.8, 4) is 5.69 Å². The summed E-state index contributed by atoms with van der Waals surface area (Å²) >= 11 is 0. The van der Waals surface area contributed by atoms with Gasteiger partial charge in [-0.25, -0.2) is 4.98 Å². The monoisotopic (exact) mass is 407 g/mol. The van der Waals surface area contributed by atoms with E-state index in [2.05, 4.69) is 15.5 Å². The van der Waals surface area contributed by atoms with Gasteiger partial charge in [-0.2, -0.15) is 0 Å². The topological polar surface area (TPSA) is 93.3 Å². The molecule has 0 radical (unpaired) electrons. The molecule has 2 unspecified atom stereocenters. The third-order valence-electron chi connectivity index (χ3n) is 5.55. The van der Waals surface area contributed by atoms with Gasteiger partial charge in [-0.1, -0.05) is 17.3 Å². The lowest BCUT2D eigenvalue weighted by atomic mass is 10.1. The number of hydrogen-bond donors (Lipinski definition) is 1. The SMILES string of the molecule is Cc1nccn1-c1ccc(C(C)NC(=O)C2CCCN2C(=O)Cc2ccno2)cc1. The highest BCUT2D eigenvalue weighted by Crippen LogP contribution is 2.21. The van der Waals surface area contributed by atoms with E-state index in [0.717, 1.165) is 23.5 Å². The van der Waals surface area contributed by atoms with Crippen LogP contribution < -0.4 is 5.32 Å². The first kappa shape index (κ1) is 19.9. The Morgan fingerprint density at radius 3 is 2.70 bits per heavy atom. The van der Waals surface area contributed by atoms with Gasteiger partial charge in [-0.05, 0) is 44.4 Å². The van der Waals surface area contributed by atoms with Crippen molar-refractivity contribution in [2.24, 2.45) is 0 Å². The van der Waals surface area contributed by atoms with E-state index in [1.165, 1.54) is 6.20 Å². The Hall–Kier alpha value is -3.42. The number of hydrogen-bond acceptors (Lipinski definition) is 5. The summed E-state index contributed by atoms with van der Waals surface area (Å²) in [7, 11) is 0. The van der Waals surface area contributed by atoms with Crippen LogP contribution in [0.3, 0.4) is 0 Å². The molecule has 0 aliphatic carbocycles. The molecule has 1 aromatic carbocycles. The molecule has 156 valence electrons. The third-order valence-corrected chi connectivity index (χ3v) is 5.55. The van der Waals surface area contributed by atoms with Gasteiger partial charge in [0.2, 0.25) is 11.8 Å². The van der Waals surface area contributed by atoms with Crippen LogP contribution in [0.1, 0.15) is 43.0 Å². The lowest BCUT2D eigenvalue weighted by molar-refractivity contribution is -0.138. The summed E-state index contributed by atoms with van der Waals surface area (Å²) < 4.78 is 7.03. The normalized spacial score (nSPS) is 17.1. The van der Waals surface area contributed by atoms with Crippen LogP contribution in [-0.2, 0) is 16.0 Å². The van der Waals surface area contributed by atoms with Crippen molar-refractivity contribution in [1.29, 1.82) is 0 Å². The fourth-order valence-electron chi connectivity index (χ4n) is 3.89. The van der Waals surface area contributed by atoms with Gasteiger partial charge in [0.05, 0.1) is 18.7 Å². The average Bonchev–Trinajstić information content (AvgIpc) is 3.49. The molecule has 3 aromatic rings. The van der Waals surface area contributed by atoms with Crippen LogP contribution in [0.5, 0.6) is 0 Å². The van der Waals surface area contributed by atoms with Gasteiger partial charge in [0.1, 0.15) is 17.6 Å². The van der Waals surface area contributed by atoms with Crippen molar-refractivity contribution >= 4 is 11.8 Å². The quantitative estimate of drug-likeness (QED) is 0.678. The molecule has 3 heterocycles. The summed E-state index contributed by atoms with van der Waals surface area (Å²) in [6.07, 6.45) is 6.79. The third kappa shape index (κ3) is 4.12. The Morgan fingerprint density at radius 2 is 2.03 bits per heavy atom. The van der Waals surface area contributed by atoms with Crippen molar-refractivity contribution in [1.82, 2.24) is 24.9 Å². The summed E-state index contributed by atoms with van der Waals surface area (Å²) in [5.74, 6) is 1.19. The standard InChI is InChI=1S/C22H25N5O3/c1-15(17-5-7-18(8-6-17)26-13-11-23-16(26)2)25-22(29)20-4-3-12-27(20)21(28)14-19-9-10-24-30-19/h5-11,13,15,20H,3-4,12,14H2,1-2H3,(H,25,29). The predicted molar refractivity (Wildman–Crippen MR) is 110 cm³/mol. The minimum Gasteiger partial charge on any atom is -0.361 e. The fraction of sp³-hybridized carbons (Fsp3) is 0.364. The van der Waals surface area contributed by atoms with Gasteiger partial charge < -0.3 is 19.3 Å². The Labute approximate surface area is 174 Å². The molecule has 0 spiro atoms. The maximum absolute atomic E-state index is 12.9. The van der Waals surface area contributed by atoms with Gasteiger partial charge in [0.25, 0.3) is 0 Å². The maximum Gasteiger partial charge on any atom is 0.243 e. The number of nitrogens with zero attached hydrogens (tertiary/aromatic N) is 4. The zero-order chi connectivity index (χ0) is 21.1. The highest BCUT2D eigenvalue weighted by atomic mass is 16.5. The number of carbonyl (C=O) groups excluding carboxylic acids is 2. The van der Waals surface area contributed by atoms with E-state index < -0.39 is 6.04 Å². The first-order valence-corrected chi connectivity index (χ1v) is 10.1. The van der Waals surface area contributed by atoms with Crippen molar-refractivity contribution in [3.63, 3.8) is 0 Å². The van der Waals surface area contributed by atoms with Crippen molar-refractivity contribution in [2.45, 2.75) is 45.2 Å². The predicted octanol–water partition coefficient (Wildman–Crippen LogP) is 2.58. The van der Waals surface area contributed by atoms with Gasteiger partial charge >= 0.3 is 0 Å². The van der Waals surface area contributed by atoms with Crippen molar-refractivity contribution in [2.75, 3.05) is 6.54 Å². The molecule has 2 atom stereocenters. The van der Waals surface area contributed by atoms with Gasteiger partial charge in [0.15, 0.2) is 0 Å². The number of aromatic nitrogens is 3. The van der Waals surface area contributed by atoms with E-state index in [1.54, 1.807) is 17.2 Å². The van der Waals surface area contributed by atoms with Crippen LogP contribution in [0.25, 0.3) is 5.69 Å². The summed E-state index contributed by atoms with van der Waals surface area (Å²) in [5.41, 5.74) is 2.02. The Kier molecular flexibility index (Phi) is 5.65. The lowest BCUT2D eigenvalue weighted by Gasteiger charge is -2.25. The average molecular weight is 407 g/mol. The first-order chi connectivity index (χ1) is 14.5. The molecule has 8 nitrogen and oxygen atoms in total.